The number of urea groups is 1. The van der Waals surface area contributed by atoms with E-state index in [1.165, 1.54) is 22.6 Å². The molecular weight excluding hydrogens is 266 g/mol. The number of hydrogen-bond donors (Lipinski definition) is 3. The molecule has 0 fully saturated rings. The first-order valence-corrected chi connectivity index (χ1v) is 7.14. The summed E-state index contributed by atoms with van der Waals surface area (Å²) in [7, 11) is 0. The molecule has 0 saturated heterocycles. The van der Waals surface area contributed by atoms with Crippen molar-refractivity contribution in [3.8, 4) is 0 Å². The van der Waals surface area contributed by atoms with Crippen LogP contribution in [0.25, 0.3) is 0 Å². The fourth-order valence-corrected chi connectivity index (χ4v) is 3.12. The van der Waals surface area contributed by atoms with Gasteiger partial charge >= 0.3 is 12.0 Å². The number of carbonyl (C=O) groups excluding carboxylic acids is 1. The van der Waals surface area contributed by atoms with Gasteiger partial charge in [0.2, 0.25) is 0 Å². The summed E-state index contributed by atoms with van der Waals surface area (Å²) in [4.78, 5) is 27.8. The first-order valence-electron chi connectivity index (χ1n) is 6.32. The van der Waals surface area contributed by atoms with Gasteiger partial charge in [-0.3, -0.25) is 10.1 Å². The number of carboxylic acids is 1. The van der Waals surface area contributed by atoms with Crippen molar-refractivity contribution in [2.75, 3.05) is 5.32 Å². The Morgan fingerprint density at radius 3 is 2.84 bits per heavy atom. The van der Waals surface area contributed by atoms with E-state index in [1.807, 2.05) is 0 Å². The molecule has 1 heterocycles. The van der Waals surface area contributed by atoms with Gasteiger partial charge in [0, 0.05) is 10.9 Å². The van der Waals surface area contributed by atoms with Gasteiger partial charge < -0.3 is 10.4 Å². The number of thiazole rings is 1. The minimum absolute atomic E-state index is 0.0954. The van der Waals surface area contributed by atoms with E-state index in [2.05, 4.69) is 15.6 Å². The summed E-state index contributed by atoms with van der Waals surface area (Å²) >= 11 is 1.51. The van der Waals surface area contributed by atoms with E-state index in [-0.39, 0.29) is 6.42 Å². The van der Waals surface area contributed by atoms with Gasteiger partial charge in [0.1, 0.15) is 0 Å². The first kappa shape index (κ1) is 13.8. The quantitative estimate of drug-likeness (QED) is 0.788. The summed E-state index contributed by atoms with van der Waals surface area (Å²) in [6, 6.07) is -0.813. The summed E-state index contributed by atoms with van der Waals surface area (Å²) in [5.74, 6) is -0.933. The molecule has 1 unspecified atom stereocenters. The minimum atomic E-state index is -0.933. The zero-order valence-corrected chi connectivity index (χ0v) is 11.5. The van der Waals surface area contributed by atoms with Crippen LogP contribution in [-0.2, 0) is 17.6 Å². The number of carboxylic acid groups (broad SMARTS) is 1. The number of anilines is 1. The second kappa shape index (κ2) is 6.01. The maximum atomic E-state index is 11.7. The lowest BCUT2D eigenvalue weighted by Gasteiger charge is -2.11. The van der Waals surface area contributed by atoms with Crippen LogP contribution in [0.15, 0.2) is 0 Å². The Bertz CT molecular complexity index is 463. The first-order chi connectivity index (χ1) is 9.04. The fraction of sp³-hybridized carbons (Fsp3) is 0.583. The van der Waals surface area contributed by atoms with E-state index in [4.69, 9.17) is 5.11 Å². The summed E-state index contributed by atoms with van der Waals surface area (Å²) in [6.45, 7) is 1.65. The third-order valence-electron chi connectivity index (χ3n) is 2.92. The van der Waals surface area contributed by atoms with Gasteiger partial charge in [-0.05, 0) is 32.6 Å². The Morgan fingerprint density at radius 2 is 2.16 bits per heavy atom. The maximum absolute atomic E-state index is 11.7. The van der Waals surface area contributed by atoms with Crippen molar-refractivity contribution in [3.63, 3.8) is 0 Å². The Balaban J connectivity index is 1.88. The maximum Gasteiger partial charge on any atom is 0.321 e. The van der Waals surface area contributed by atoms with Gasteiger partial charge in [0.05, 0.1) is 12.1 Å². The van der Waals surface area contributed by atoms with Crippen LogP contribution in [0.3, 0.4) is 0 Å². The SMILES string of the molecule is CC(CC(=O)O)NC(=O)Nc1nc2c(s1)CCCC2. The number of nitrogens with one attached hydrogen (secondary N) is 2. The minimum Gasteiger partial charge on any atom is -0.481 e. The highest BCUT2D eigenvalue weighted by atomic mass is 32.1. The molecule has 104 valence electrons. The van der Waals surface area contributed by atoms with Crippen molar-refractivity contribution in [3.05, 3.63) is 10.6 Å². The second-order valence-corrected chi connectivity index (χ2v) is 5.78. The molecule has 2 amide bonds. The number of rotatable bonds is 4. The zero-order chi connectivity index (χ0) is 13.8. The van der Waals surface area contributed by atoms with Crippen LogP contribution < -0.4 is 10.6 Å². The number of carbonyl (C=O) groups is 2. The molecule has 0 saturated carbocycles. The lowest BCUT2D eigenvalue weighted by Crippen LogP contribution is -2.37. The third-order valence-corrected chi connectivity index (χ3v) is 4.00. The molecule has 1 atom stereocenters. The van der Waals surface area contributed by atoms with E-state index in [0.717, 1.165) is 25.0 Å². The van der Waals surface area contributed by atoms with E-state index < -0.39 is 18.0 Å². The monoisotopic (exact) mass is 283 g/mol. The molecule has 1 aliphatic carbocycles. The lowest BCUT2D eigenvalue weighted by molar-refractivity contribution is -0.137. The molecule has 19 heavy (non-hydrogen) atoms. The van der Waals surface area contributed by atoms with Crippen LogP contribution in [0.4, 0.5) is 9.93 Å². The predicted octanol–water partition coefficient (Wildman–Crippen LogP) is 2.01. The van der Waals surface area contributed by atoms with Crippen LogP contribution in [-0.4, -0.2) is 28.1 Å². The number of aryl methyl sites for hydroxylation is 2. The molecule has 1 aromatic heterocycles. The van der Waals surface area contributed by atoms with E-state index in [1.54, 1.807) is 6.92 Å². The summed E-state index contributed by atoms with van der Waals surface area (Å²) in [6.07, 6.45) is 4.24. The van der Waals surface area contributed by atoms with Crippen LogP contribution in [0.2, 0.25) is 0 Å². The highest BCUT2D eigenvalue weighted by Gasteiger charge is 2.17. The van der Waals surface area contributed by atoms with Gasteiger partial charge in [-0.25, -0.2) is 9.78 Å². The smallest absolute Gasteiger partial charge is 0.321 e. The average molecular weight is 283 g/mol. The summed E-state index contributed by atoms with van der Waals surface area (Å²) in [5, 5.41) is 14.4. The Morgan fingerprint density at radius 1 is 1.42 bits per heavy atom. The van der Waals surface area contributed by atoms with Crippen molar-refractivity contribution in [1.82, 2.24) is 10.3 Å². The Kier molecular flexibility index (Phi) is 4.36. The van der Waals surface area contributed by atoms with Crippen molar-refractivity contribution in [2.45, 2.75) is 45.1 Å². The van der Waals surface area contributed by atoms with Crippen molar-refractivity contribution < 1.29 is 14.7 Å². The molecule has 1 aliphatic rings. The number of fused-ring (bicyclic) bond motifs is 1. The van der Waals surface area contributed by atoms with Gasteiger partial charge in [-0.1, -0.05) is 0 Å². The van der Waals surface area contributed by atoms with E-state index >= 15 is 0 Å². The predicted molar refractivity (Wildman–Crippen MR) is 72.6 cm³/mol. The Labute approximate surface area is 115 Å². The van der Waals surface area contributed by atoms with Gasteiger partial charge in [0.25, 0.3) is 0 Å². The summed E-state index contributed by atoms with van der Waals surface area (Å²) < 4.78 is 0. The highest BCUT2D eigenvalue weighted by molar-refractivity contribution is 7.15. The average Bonchev–Trinajstić information content (AvgIpc) is 2.68. The van der Waals surface area contributed by atoms with Gasteiger partial charge in [0.15, 0.2) is 5.13 Å². The molecule has 0 aliphatic heterocycles. The molecule has 6 nitrogen and oxygen atoms in total. The fourth-order valence-electron chi connectivity index (χ4n) is 2.08. The van der Waals surface area contributed by atoms with E-state index in [0.29, 0.717) is 5.13 Å². The molecule has 3 N–H and O–H groups in total. The molecule has 1 aromatic rings. The number of aliphatic carboxylic acids is 1. The molecule has 0 radical (unpaired) electrons. The van der Waals surface area contributed by atoms with E-state index in [9.17, 15) is 9.59 Å². The van der Waals surface area contributed by atoms with Crippen molar-refractivity contribution in [1.29, 1.82) is 0 Å². The van der Waals surface area contributed by atoms with Crippen LogP contribution >= 0.6 is 11.3 Å². The van der Waals surface area contributed by atoms with Gasteiger partial charge in [-0.15, -0.1) is 11.3 Å². The van der Waals surface area contributed by atoms with Crippen LogP contribution in [0, 0.1) is 0 Å². The second-order valence-electron chi connectivity index (χ2n) is 4.69. The standard InChI is InChI=1S/C12H17N3O3S/c1-7(6-10(16)17)13-11(18)15-12-14-8-4-2-3-5-9(8)19-12/h7H,2-6H2,1H3,(H,16,17)(H2,13,14,15,18). The normalized spacial score (nSPS) is 15.4. The zero-order valence-electron chi connectivity index (χ0n) is 10.7. The highest BCUT2D eigenvalue weighted by Crippen LogP contribution is 2.29. The molecule has 2 rings (SSSR count). The largest absolute Gasteiger partial charge is 0.481 e. The molecule has 0 spiro atoms. The third kappa shape index (κ3) is 3.92. The molecule has 0 aromatic carbocycles. The van der Waals surface area contributed by atoms with Crippen LogP contribution in [0.5, 0.6) is 0 Å². The number of aromatic nitrogens is 1. The molecule has 0 bridgehead atoms. The summed E-state index contributed by atoms with van der Waals surface area (Å²) in [5.41, 5.74) is 1.09. The molecular formula is C12H17N3O3S. The molecule has 7 heteroatoms. The lowest BCUT2D eigenvalue weighted by atomic mass is 10.0. The van der Waals surface area contributed by atoms with Crippen molar-refractivity contribution in [2.24, 2.45) is 0 Å². The van der Waals surface area contributed by atoms with Crippen LogP contribution in [0.1, 0.15) is 36.8 Å². The van der Waals surface area contributed by atoms with Crippen molar-refractivity contribution >= 4 is 28.5 Å². The Hall–Kier alpha value is -1.63. The number of nitrogens with zero attached hydrogens (tertiary/aromatic N) is 1. The van der Waals surface area contributed by atoms with Gasteiger partial charge in [-0.2, -0.15) is 0 Å². The topological polar surface area (TPSA) is 91.3 Å². The number of hydrogen-bond acceptors (Lipinski definition) is 4. The number of amides is 2.